The second-order valence-corrected chi connectivity index (χ2v) is 4.93. The van der Waals surface area contributed by atoms with Gasteiger partial charge in [0, 0.05) is 11.6 Å². The molecule has 1 aromatic carbocycles. The molecule has 0 aromatic heterocycles. The van der Waals surface area contributed by atoms with Crippen molar-refractivity contribution in [3.05, 3.63) is 35.1 Å². The molecule has 1 aliphatic carbocycles. The molecule has 5 heteroatoms. The van der Waals surface area contributed by atoms with E-state index in [4.69, 9.17) is 0 Å². The van der Waals surface area contributed by atoms with Crippen LogP contribution in [0.25, 0.3) is 0 Å². The molecule has 2 rings (SSSR count). The predicted molar refractivity (Wildman–Crippen MR) is 65.2 cm³/mol. The first-order valence-corrected chi connectivity index (χ1v) is 6.54. The van der Waals surface area contributed by atoms with Crippen molar-refractivity contribution in [2.24, 2.45) is 5.92 Å². The van der Waals surface area contributed by atoms with Crippen molar-refractivity contribution in [2.45, 2.75) is 38.4 Å². The molecule has 19 heavy (non-hydrogen) atoms. The molecule has 0 amide bonds. The third kappa shape index (κ3) is 2.91. The van der Waals surface area contributed by atoms with Crippen molar-refractivity contribution in [2.75, 3.05) is 6.54 Å². The average molecular weight is 275 g/mol. The number of hydrogen-bond acceptors (Lipinski definition) is 1. The minimum Gasteiger partial charge on any atom is -0.310 e. The smallest absolute Gasteiger partial charge is 0.310 e. The molecule has 0 bridgehead atoms. The summed E-state index contributed by atoms with van der Waals surface area (Å²) in [7, 11) is 0. The Kier molecular flexibility index (Phi) is 4.13. The first kappa shape index (κ1) is 14.3. The third-order valence-corrected chi connectivity index (χ3v) is 3.71. The van der Waals surface area contributed by atoms with E-state index >= 15 is 0 Å². The highest BCUT2D eigenvalue weighted by Gasteiger charge is 2.37. The van der Waals surface area contributed by atoms with Crippen LogP contribution in [0.2, 0.25) is 0 Å². The zero-order chi connectivity index (χ0) is 14.0. The number of alkyl halides is 3. The van der Waals surface area contributed by atoms with Gasteiger partial charge in [-0.3, -0.25) is 0 Å². The molecular weight excluding hydrogens is 258 g/mol. The van der Waals surface area contributed by atoms with Crippen LogP contribution in [-0.4, -0.2) is 6.54 Å². The Hall–Kier alpha value is -1.10. The Bertz CT molecular complexity index is 438. The number of benzene rings is 1. The Morgan fingerprint density at radius 1 is 1.32 bits per heavy atom. The Balaban J connectivity index is 2.36. The molecule has 1 aromatic rings. The maximum atomic E-state index is 14.1. The highest BCUT2D eigenvalue weighted by molar-refractivity contribution is 5.31. The lowest BCUT2D eigenvalue weighted by molar-refractivity contribution is -0.140. The van der Waals surface area contributed by atoms with Gasteiger partial charge in [-0.25, -0.2) is 4.39 Å². The zero-order valence-corrected chi connectivity index (χ0v) is 10.7. The van der Waals surface area contributed by atoms with Gasteiger partial charge in [-0.2, -0.15) is 13.2 Å². The van der Waals surface area contributed by atoms with Crippen LogP contribution < -0.4 is 5.32 Å². The predicted octanol–water partition coefficient (Wildman–Crippen LogP) is 4.30. The zero-order valence-electron chi connectivity index (χ0n) is 10.7. The van der Waals surface area contributed by atoms with Gasteiger partial charge in [0.2, 0.25) is 0 Å². The van der Waals surface area contributed by atoms with Crippen LogP contribution in [-0.2, 0) is 6.18 Å². The lowest BCUT2D eigenvalue weighted by Crippen LogP contribution is -2.33. The number of halogens is 4. The van der Waals surface area contributed by atoms with Gasteiger partial charge < -0.3 is 5.32 Å². The van der Waals surface area contributed by atoms with Gasteiger partial charge in [0.1, 0.15) is 5.82 Å². The summed E-state index contributed by atoms with van der Waals surface area (Å²) in [5, 5.41) is 3.11. The number of nitrogens with one attached hydrogen (secondary N) is 1. The molecule has 1 unspecified atom stereocenters. The van der Waals surface area contributed by atoms with Gasteiger partial charge >= 0.3 is 6.18 Å². The Morgan fingerprint density at radius 3 is 2.47 bits per heavy atom. The van der Waals surface area contributed by atoms with E-state index in [0.717, 1.165) is 25.3 Å². The van der Waals surface area contributed by atoms with Crippen molar-refractivity contribution in [1.82, 2.24) is 5.32 Å². The fraction of sp³-hybridized carbons (Fsp3) is 0.571. The summed E-state index contributed by atoms with van der Waals surface area (Å²) in [4.78, 5) is 0. The fourth-order valence-corrected chi connectivity index (χ4v) is 2.53. The van der Waals surface area contributed by atoms with Crippen molar-refractivity contribution >= 4 is 0 Å². The van der Waals surface area contributed by atoms with E-state index in [1.54, 1.807) is 0 Å². The van der Waals surface area contributed by atoms with Crippen LogP contribution in [0.3, 0.4) is 0 Å². The largest absolute Gasteiger partial charge is 0.419 e. The summed E-state index contributed by atoms with van der Waals surface area (Å²) in [6, 6.07) is 3.21. The van der Waals surface area contributed by atoms with Gasteiger partial charge in [-0.05, 0) is 31.4 Å². The molecule has 0 radical (unpaired) electrons. The first-order chi connectivity index (χ1) is 8.95. The summed E-state index contributed by atoms with van der Waals surface area (Å²) in [6.07, 6.45) is -1.70. The van der Waals surface area contributed by atoms with Crippen LogP contribution in [0.1, 0.15) is 43.4 Å². The molecule has 1 aliphatic rings. The monoisotopic (exact) mass is 275 g/mol. The molecule has 1 nitrogen and oxygen atoms in total. The van der Waals surface area contributed by atoms with Crippen LogP contribution in [0.15, 0.2) is 18.2 Å². The number of rotatable bonds is 4. The highest BCUT2D eigenvalue weighted by Crippen LogP contribution is 2.41. The average Bonchev–Trinajstić information content (AvgIpc) is 2.25. The van der Waals surface area contributed by atoms with E-state index in [2.05, 4.69) is 5.32 Å². The summed E-state index contributed by atoms with van der Waals surface area (Å²) in [5.74, 6) is -0.897. The SMILES string of the molecule is CCNC(c1cccc(C(F)(F)F)c1F)C1CCC1. The van der Waals surface area contributed by atoms with Crippen LogP contribution in [0.4, 0.5) is 17.6 Å². The maximum absolute atomic E-state index is 14.1. The van der Waals surface area contributed by atoms with E-state index in [9.17, 15) is 17.6 Å². The topological polar surface area (TPSA) is 12.0 Å². The van der Waals surface area contributed by atoms with Crippen molar-refractivity contribution in [1.29, 1.82) is 0 Å². The van der Waals surface area contributed by atoms with E-state index in [1.807, 2.05) is 6.92 Å². The molecule has 1 saturated carbocycles. The summed E-state index contributed by atoms with van der Waals surface area (Å²) >= 11 is 0. The molecule has 106 valence electrons. The van der Waals surface area contributed by atoms with Crippen LogP contribution >= 0.6 is 0 Å². The van der Waals surface area contributed by atoms with Crippen molar-refractivity contribution in [3.63, 3.8) is 0 Å². The standard InChI is InChI=1S/C14H17F4N/c1-2-19-13(9-5-3-6-9)10-7-4-8-11(12(10)15)14(16,17)18/h4,7-9,13,19H,2-3,5-6H2,1H3. The summed E-state index contributed by atoms with van der Waals surface area (Å²) in [5.41, 5.74) is -1.03. The van der Waals surface area contributed by atoms with Crippen LogP contribution in [0.5, 0.6) is 0 Å². The quantitative estimate of drug-likeness (QED) is 0.808. The minimum atomic E-state index is -4.64. The van der Waals surface area contributed by atoms with Crippen LogP contribution in [0, 0.1) is 11.7 Å². The van der Waals surface area contributed by atoms with E-state index < -0.39 is 17.6 Å². The van der Waals surface area contributed by atoms with Crippen molar-refractivity contribution < 1.29 is 17.6 Å². The summed E-state index contributed by atoms with van der Waals surface area (Å²) < 4.78 is 52.2. The van der Waals surface area contributed by atoms with Gasteiger partial charge in [-0.1, -0.05) is 25.5 Å². The second-order valence-electron chi connectivity index (χ2n) is 4.93. The van der Waals surface area contributed by atoms with E-state index in [0.29, 0.717) is 6.54 Å². The summed E-state index contributed by atoms with van der Waals surface area (Å²) in [6.45, 7) is 2.48. The lowest BCUT2D eigenvalue weighted by atomic mass is 9.76. The Morgan fingerprint density at radius 2 is 2.00 bits per heavy atom. The molecule has 0 aliphatic heterocycles. The van der Waals surface area contributed by atoms with Gasteiger partial charge in [0.15, 0.2) is 0 Å². The second kappa shape index (κ2) is 5.49. The van der Waals surface area contributed by atoms with Gasteiger partial charge in [0.05, 0.1) is 5.56 Å². The minimum absolute atomic E-state index is 0.140. The molecule has 0 heterocycles. The van der Waals surface area contributed by atoms with Crippen molar-refractivity contribution in [3.8, 4) is 0 Å². The molecule has 1 N–H and O–H groups in total. The van der Waals surface area contributed by atoms with E-state index in [-0.39, 0.29) is 17.5 Å². The van der Waals surface area contributed by atoms with Gasteiger partial charge in [-0.15, -0.1) is 0 Å². The highest BCUT2D eigenvalue weighted by atomic mass is 19.4. The molecule has 1 fully saturated rings. The third-order valence-electron chi connectivity index (χ3n) is 3.71. The maximum Gasteiger partial charge on any atom is 0.419 e. The molecule has 0 spiro atoms. The molecular formula is C14H17F4N. The van der Waals surface area contributed by atoms with E-state index in [1.165, 1.54) is 12.1 Å². The Labute approximate surface area is 110 Å². The molecule has 1 atom stereocenters. The lowest BCUT2D eigenvalue weighted by Gasteiger charge is -2.35. The normalized spacial score (nSPS) is 18.2. The number of hydrogen-bond donors (Lipinski definition) is 1. The first-order valence-electron chi connectivity index (χ1n) is 6.54. The fourth-order valence-electron chi connectivity index (χ4n) is 2.53. The molecule has 0 saturated heterocycles. The van der Waals surface area contributed by atoms with Gasteiger partial charge in [0.25, 0.3) is 0 Å².